The summed E-state index contributed by atoms with van der Waals surface area (Å²) in [5.41, 5.74) is -0.686. The molecule has 2 aromatic rings. The number of imide groups is 1. The van der Waals surface area contributed by atoms with E-state index in [0.717, 1.165) is 25.7 Å². The van der Waals surface area contributed by atoms with Crippen LogP contribution in [-0.2, 0) is 19.8 Å². The first-order chi connectivity index (χ1) is 16.5. The number of carbonyl (C=O) groups excluding carboxylic acids is 3. The molecule has 3 aliphatic rings. The van der Waals surface area contributed by atoms with Crippen LogP contribution in [0.3, 0.4) is 0 Å². The average Bonchev–Trinajstić information content (AvgIpc) is 3.46. The number of halogens is 1. The van der Waals surface area contributed by atoms with Gasteiger partial charge in [-0.3, -0.25) is 19.3 Å². The standard InChI is InChI=1S/C25H28ClN5O3/c26-20-9-4-3-8-19(20)25(17-22(33)31(23(25)34)18-6-1-2-7-18)16-21(32)29-12-14-30(15-13-29)24-27-10-5-11-28-24/h3-5,8-11,18H,1-2,6-7,12-17H2/t25-/m0/s1. The summed E-state index contributed by atoms with van der Waals surface area (Å²) in [5.74, 6) is 0.0340. The van der Waals surface area contributed by atoms with E-state index >= 15 is 0 Å². The van der Waals surface area contributed by atoms with Crippen LogP contribution in [0.15, 0.2) is 42.7 Å². The number of amides is 3. The molecule has 1 atom stereocenters. The minimum absolute atomic E-state index is 0.0182. The van der Waals surface area contributed by atoms with Gasteiger partial charge in [-0.1, -0.05) is 42.6 Å². The maximum atomic E-state index is 13.9. The van der Waals surface area contributed by atoms with Crippen molar-refractivity contribution in [2.75, 3.05) is 31.1 Å². The highest BCUT2D eigenvalue weighted by Crippen LogP contribution is 2.45. The summed E-state index contributed by atoms with van der Waals surface area (Å²) in [6, 6.07) is 8.80. The number of rotatable bonds is 5. The third-order valence-electron chi connectivity index (χ3n) is 7.35. The van der Waals surface area contributed by atoms with Crippen LogP contribution in [-0.4, -0.2) is 69.7 Å². The number of carbonyl (C=O) groups is 3. The van der Waals surface area contributed by atoms with E-state index in [1.165, 1.54) is 4.90 Å². The van der Waals surface area contributed by atoms with E-state index in [2.05, 4.69) is 9.97 Å². The number of piperazine rings is 1. The number of aromatic nitrogens is 2. The van der Waals surface area contributed by atoms with Crippen molar-refractivity contribution >= 4 is 35.3 Å². The molecular formula is C25H28ClN5O3. The summed E-state index contributed by atoms with van der Waals surface area (Å²) in [7, 11) is 0. The molecule has 0 N–H and O–H groups in total. The van der Waals surface area contributed by atoms with Gasteiger partial charge in [-0.05, 0) is 30.5 Å². The highest BCUT2D eigenvalue weighted by Gasteiger charge is 2.56. The van der Waals surface area contributed by atoms with Crippen LogP contribution in [0, 0.1) is 0 Å². The second-order valence-corrected chi connectivity index (χ2v) is 9.75. The quantitative estimate of drug-likeness (QED) is 0.610. The number of nitrogens with zero attached hydrogens (tertiary/aromatic N) is 5. The van der Waals surface area contributed by atoms with Gasteiger partial charge in [-0.2, -0.15) is 0 Å². The monoisotopic (exact) mass is 481 g/mol. The van der Waals surface area contributed by atoms with Crippen LogP contribution in [0.5, 0.6) is 0 Å². The van der Waals surface area contributed by atoms with E-state index in [1.807, 2.05) is 11.0 Å². The fourth-order valence-corrected chi connectivity index (χ4v) is 5.88. The zero-order valence-electron chi connectivity index (χ0n) is 19.0. The third kappa shape index (κ3) is 4.04. The Morgan fingerprint density at radius 2 is 1.68 bits per heavy atom. The molecule has 0 spiro atoms. The molecule has 0 unspecified atom stereocenters. The lowest BCUT2D eigenvalue weighted by Crippen LogP contribution is -2.51. The molecule has 1 aromatic carbocycles. The SMILES string of the molecule is O=C(C[C@@]1(c2ccccc2Cl)CC(=O)N(C2CCCC2)C1=O)N1CCN(c2ncccn2)CC1. The van der Waals surface area contributed by atoms with E-state index in [9.17, 15) is 14.4 Å². The van der Waals surface area contributed by atoms with Crippen molar-refractivity contribution < 1.29 is 14.4 Å². The number of benzene rings is 1. The third-order valence-corrected chi connectivity index (χ3v) is 7.68. The number of hydrogen-bond donors (Lipinski definition) is 0. The summed E-state index contributed by atoms with van der Waals surface area (Å²) in [4.78, 5) is 54.4. The van der Waals surface area contributed by atoms with Gasteiger partial charge in [0.15, 0.2) is 0 Å². The Kier molecular flexibility index (Phi) is 6.25. The molecule has 3 fully saturated rings. The normalized spacial score (nSPS) is 23.7. The molecule has 2 aliphatic heterocycles. The van der Waals surface area contributed by atoms with Gasteiger partial charge in [-0.15, -0.1) is 0 Å². The van der Waals surface area contributed by atoms with Crippen LogP contribution in [0.2, 0.25) is 5.02 Å². The second-order valence-electron chi connectivity index (χ2n) is 9.34. The zero-order valence-corrected chi connectivity index (χ0v) is 19.8. The fraction of sp³-hybridized carbons (Fsp3) is 0.480. The molecule has 0 radical (unpaired) electrons. The fourth-order valence-electron chi connectivity index (χ4n) is 5.57. The molecule has 1 aromatic heterocycles. The van der Waals surface area contributed by atoms with Gasteiger partial charge in [0.05, 0.1) is 5.41 Å². The first kappa shape index (κ1) is 22.8. The lowest BCUT2D eigenvalue weighted by Gasteiger charge is -2.37. The van der Waals surface area contributed by atoms with Crippen molar-refractivity contribution in [3.8, 4) is 0 Å². The average molecular weight is 482 g/mol. The second kappa shape index (κ2) is 9.33. The van der Waals surface area contributed by atoms with Crippen molar-refractivity contribution in [1.29, 1.82) is 0 Å². The van der Waals surface area contributed by atoms with Gasteiger partial charge < -0.3 is 9.80 Å². The molecule has 1 aliphatic carbocycles. The molecule has 1 saturated carbocycles. The minimum atomic E-state index is -1.26. The van der Waals surface area contributed by atoms with Gasteiger partial charge in [0.25, 0.3) is 0 Å². The highest BCUT2D eigenvalue weighted by atomic mass is 35.5. The molecular weight excluding hydrogens is 454 g/mol. The van der Waals surface area contributed by atoms with Crippen molar-refractivity contribution in [2.45, 2.75) is 50.0 Å². The summed E-state index contributed by atoms with van der Waals surface area (Å²) in [5, 5.41) is 0.413. The summed E-state index contributed by atoms with van der Waals surface area (Å²) in [6.45, 7) is 2.22. The van der Waals surface area contributed by atoms with Crippen molar-refractivity contribution in [1.82, 2.24) is 19.8 Å². The Labute approximate surface area is 203 Å². The maximum absolute atomic E-state index is 13.9. The number of likely N-dealkylation sites (tertiary alicyclic amines) is 1. The largest absolute Gasteiger partial charge is 0.339 e. The van der Waals surface area contributed by atoms with Gasteiger partial charge in [-0.25, -0.2) is 9.97 Å². The molecule has 9 heteroatoms. The zero-order chi connectivity index (χ0) is 23.7. The Morgan fingerprint density at radius 1 is 1.00 bits per heavy atom. The van der Waals surface area contributed by atoms with Crippen LogP contribution < -0.4 is 4.90 Å². The molecule has 178 valence electrons. The van der Waals surface area contributed by atoms with Gasteiger partial charge >= 0.3 is 0 Å². The maximum Gasteiger partial charge on any atom is 0.241 e. The Balaban J connectivity index is 1.38. The van der Waals surface area contributed by atoms with Crippen molar-refractivity contribution in [2.24, 2.45) is 0 Å². The molecule has 0 bridgehead atoms. The Hall–Kier alpha value is -3.00. The molecule has 3 heterocycles. The van der Waals surface area contributed by atoms with Crippen LogP contribution >= 0.6 is 11.6 Å². The molecule has 2 saturated heterocycles. The number of anilines is 1. The first-order valence-electron chi connectivity index (χ1n) is 11.9. The molecule has 5 rings (SSSR count). The topological polar surface area (TPSA) is 86.7 Å². The first-order valence-corrected chi connectivity index (χ1v) is 12.3. The molecule has 8 nitrogen and oxygen atoms in total. The van der Waals surface area contributed by atoms with E-state index in [1.54, 1.807) is 41.6 Å². The van der Waals surface area contributed by atoms with E-state index < -0.39 is 5.41 Å². The predicted octanol–water partition coefficient (Wildman–Crippen LogP) is 2.81. The molecule has 34 heavy (non-hydrogen) atoms. The minimum Gasteiger partial charge on any atom is -0.339 e. The van der Waals surface area contributed by atoms with Gasteiger partial charge in [0, 0.05) is 62.5 Å². The highest BCUT2D eigenvalue weighted by molar-refractivity contribution is 6.32. The van der Waals surface area contributed by atoms with Crippen LogP contribution in [0.25, 0.3) is 0 Å². The Morgan fingerprint density at radius 3 is 2.35 bits per heavy atom. The van der Waals surface area contributed by atoms with E-state index in [-0.39, 0.29) is 36.6 Å². The summed E-state index contributed by atoms with van der Waals surface area (Å²) in [6.07, 6.45) is 6.99. The Bertz CT molecular complexity index is 1080. The predicted molar refractivity (Wildman–Crippen MR) is 127 cm³/mol. The van der Waals surface area contributed by atoms with E-state index in [0.29, 0.717) is 42.7 Å². The van der Waals surface area contributed by atoms with Gasteiger partial charge in [0.2, 0.25) is 23.7 Å². The number of hydrogen-bond acceptors (Lipinski definition) is 6. The van der Waals surface area contributed by atoms with E-state index in [4.69, 9.17) is 11.6 Å². The van der Waals surface area contributed by atoms with Gasteiger partial charge in [0.1, 0.15) is 0 Å². The van der Waals surface area contributed by atoms with Crippen molar-refractivity contribution in [3.05, 3.63) is 53.3 Å². The summed E-state index contributed by atoms with van der Waals surface area (Å²) >= 11 is 6.54. The molecule has 3 amide bonds. The smallest absolute Gasteiger partial charge is 0.241 e. The van der Waals surface area contributed by atoms with Crippen LogP contribution in [0.1, 0.15) is 44.1 Å². The van der Waals surface area contributed by atoms with Crippen molar-refractivity contribution in [3.63, 3.8) is 0 Å². The lowest BCUT2D eigenvalue weighted by molar-refractivity contribution is -0.144. The summed E-state index contributed by atoms with van der Waals surface area (Å²) < 4.78 is 0. The lowest BCUT2D eigenvalue weighted by atomic mass is 9.75. The van der Waals surface area contributed by atoms with Crippen LogP contribution in [0.4, 0.5) is 5.95 Å².